The number of nitrogens with one attached hydrogen (secondary N) is 1. The molecule has 1 heterocycles. The third kappa shape index (κ3) is 4.16. The number of aromatic nitrogens is 1. The first-order valence-electron chi connectivity index (χ1n) is 7.31. The average molecular weight is 388 g/mol. The van der Waals surface area contributed by atoms with E-state index < -0.39 is 16.4 Å². The summed E-state index contributed by atoms with van der Waals surface area (Å²) < 4.78 is 1.83. The zero-order valence-corrected chi connectivity index (χ0v) is 14.8. The van der Waals surface area contributed by atoms with Gasteiger partial charge in [-0.05, 0) is 18.2 Å². The zero-order chi connectivity index (χ0) is 18.5. The quantitative estimate of drug-likeness (QED) is 0.290. The van der Waals surface area contributed by atoms with Gasteiger partial charge in [0.1, 0.15) is 0 Å². The molecule has 0 fully saturated rings. The number of carbonyl (C=O) groups excluding carboxylic acids is 1. The van der Waals surface area contributed by atoms with E-state index in [0.29, 0.717) is 0 Å². The predicted octanol–water partition coefficient (Wildman–Crippen LogP) is 3.15. The molecule has 1 amide bonds. The Morgan fingerprint density at radius 1 is 1.35 bits per heavy atom. The number of nitro groups is 1. The summed E-state index contributed by atoms with van der Waals surface area (Å²) in [6.45, 7) is 0. The summed E-state index contributed by atoms with van der Waals surface area (Å²) in [4.78, 5) is 26.3. The molecule has 3 aromatic rings. The Kier molecular flexibility index (Phi) is 5.44. The van der Waals surface area contributed by atoms with Gasteiger partial charge in [0.15, 0.2) is 4.34 Å². The van der Waals surface area contributed by atoms with Crippen LogP contribution < -0.4 is 5.43 Å². The standard InChI is InChI=1S/C16H12N4O4S2/c21-14(9-25-16-18-11-5-1-2-7-13(11)26-16)19-17-8-10-4-3-6-12(15(10)22)20(23)24/h1-8,22H,9H2,(H,19,21). The van der Waals surface area contributed by atoms with Crippen molar-refractivity contribution in [1.29, 1.82) is 0 Å². The van der Waals surface area contributed by atoms with Gasteiger partial charge in [0.2, 0.25) is 5.75 Å². The number of rotatable bonds is 6. The van der Waals surface area contributed by atoms with Crippen LogP contribution >= 0.6 is 23.1 Å². The highest BCUT2D eigenvalue weighted by Crippen LogP contribution is 2.29. The van der Waals surface area contributed by atoms with Gasteiger partial charge in [0.05, 0.1) is 27.1 Å². The number of phenols is 1. The molecule has 8 nitrogen and oxygen atoms in total. The molecule has 0 bridgehead atoms. The number of hydrogen-bond donors (Lipinski definition) is 2. The van der Waals surface area contributed by atoms with Gasteiger partial charge in [0.25, 0.3) is 5.91 Å². The van der Waals surface area contributed by atoms with Crippen LogP contribution in [0.25, 0.3) is 10.2 Å². The highest BCUT2D eigenvalue weighted by molar-refractivity contribution is 8.01. The van der Waals surface area contributed by atoms with Crippen LogP contribution in [0.15, 0.2) is 51.9 Å². The number of carbonyl (C=O) groups is 1. The minimum Gasteiger partial charge on any atom is -0.502 e. The maximum absolute atomic E-state index is 11.8. The van der Waals surface area contributed by atoms with E-state index in [9.17, 15) is 20.0 Å². The molecule has 2 aromatic carbocycles. The first-order valence-corrected chi connectivity index (χ1v) is 9.11. The summed E-state index contributed by atoms with van der Waals surface area (Å²) >= 11 is 2.80. The number of benzene rings is 2. The molecule has 0 radical (unpaired) electrons. The summed E-state index contributed by atoms with van der Waals surface area (Å²) in [7, 11) is 0. The van der Waals surface area contributed by atoms with Crippen molar-refractivity contribution < 1.29 is 14.8 Å². The fraction of sp³-hybridized carbons (Fsp3) is 0.0625. The van der Waals surface area contributed by atoms with Crippen molar-refractivity contribution in [2.75, 3.05) is 5.75 Å². The molecule has 0 saturated heterocycles. The minimum absolute atomic E-state index is 0.123. The van der Waals surface area contributed by atoms with E-state index in [4.69, 9.17) is 0 Å². The lowest BCUT2D eigenvalue weighted by Crippen LogP contribution is -2.19. The largest absolute Gasteiger partial charge is 0.502 e. The van der Waals surface area contributed by atoms with Gasteiger partial charge in [-0.2, -0.15) is 5.10 Å². The van der Waals surface area contributed by atoms with Gasteiger partial charge in [-0.15, -0.1) is 11.3 Å². The monoisotopic (exact) mass is 388 g/mol. The highest BCUT2D eigenvalue weighted by Gasteiger charge is 2.15. The average Bonchev–Trinajstić information content (AvgIpc) is 3.04. The van der Waals surface area contributed by atoms with Gasteiger partial charge in [-0.3, -0.25) is 14.9 Å². The molecule has 0 atom stereocenters. The first-order chi connectivity index (χ1) is 12.5. The molecule has 26 heavy (non-hydrogen) atoms. The Bertz CT molecular complexity index is 970. The molecule has 2 N–H and O–H groups in total. The fourth-order valence-corrected chi connectivity index (χ4v) is 3.91. The first kappa shape index (κ1) is 17.8. The molecule has 0 spiro atoms. The Morgan fingerprint density at radius 3 is 2.92 bits per heavy atom. The van der Waals surface area contributed by atoms with Crippen LogP contribution in [-0.4, -0.2) is 32.9 Å². The second kappa shape index (κ2) is 7.93. The van der Waals surface area contributed by atoms with Gasteiger partial charge in [0, 0.05) is 11.6 Å². The van der Waals surface area contributed by atoms with E-state index in [1.165, 1.54) is 41.3 Å². The summed E-state index contributed by atoms with van der Waals surface area (Å²) in [5.41, 5.74) is 2.92. The summed E-state index contributed by atoms with van der Waals surface area (Å²) in [5.74, 6) is -0.729. The number of thioether (sulfide) groups is 1. The number of hydrogen-bond acceptors (Lipinski definition) is 8. The van der Waals surface area contributed by atoms with Gasteiger partial charge in [-0.1, -0.05) is 30.0 Å². The second-order valence-electron chi connectivity index (χ2n) is 5.00. The maximum atomic E-state index is 11.8. The van der Waals surface area contributed by atoms with E-state index in [1.54, 1.807) is 0 Å². The maximum Gasteiger partial charge on any atom is 0.311 e. The molecule has 0 aliphatic carbocycles. The second-order valence-corrected chi connectivity index (χ2v) is 7.25. The van der Waals surface area contributed by atoms with Crippen LogP contribution in [0.1, 0.15) is 5.56 Å². The fourth-order valence-electron chi connectivity index (χ4n) is 2.05. The number of amides is 1. The third-order valence-electron chi connectivity index (χ3n) is 3.24. The van der Waals surface area contributed by atoms with E-state index >= 15 is 0 Å². The van der Waals surface area contributed by atoms with Crippen molar-refractivity contribution in [2.45, 2.75) is 4.34 Å². The van der Waals surface area contributed by atoms with Gasteiger partial charge < -0.3 is 5.11 Å². The van der Waals surface area contributed by atoms with E-state index in [2.05, 4.69) is 15.5 Å². The summed E-state index contributed by atoms with van der Waals surface area (Å²) in [6.07, 6.45) is 1.16. The van der Waals surface area contributed by atoms with E-state index in [0.717, 1.165) is 20.8 Å². The number of hydrazone groups is 1. The summed E-state index contributed by atoms with van der Waals surface area (Å²) in [5, 5.41) is 24.3. The molecular weight excluding hydrogens is 376 g/mol. The number of aromatic hydroxyl groups is 1. The van der Waals surface area contributed by atoms with Gasteiger partial charge in [-0.25, -0.2) is 10.4 Å². The van der Waals surface area contributed by atoms with Crippen LogP contribution in [0.2, 0.25) is 0 Å². The zero-order valence-electron chi connectivity index (χ0n) is 13.2. The van der Waals surface area contributed by atoms with Crippen LogP contribution in [0.3, 0.4) is 0 Å². The van der Waals surface area contributed by atoms with Crippen LogP contribution in [0, 0.1) is 10.1 Å². The van der Waals surface area contributed by atoms with Crippen molar-refractivity contribution in [3.8, 4) is 5.75 Å². The van der Waals surface area contributed by atoms with Crippen molar-refractivity contribution in [3.05, 3.63) is 58.1 Å². The van der Waals surface area contributed by atoms with Crippen molar-refractivity contribution >= 4 is 51.1 Å². The molecule has 132 valence electrons. The molecule has 0 unspecified atom stereocenters. The van der Waals surface area contributed by atoms with Crippen LogP contribution in [0.4, 0.5) is 5.69 Å². The Morgan fingerprint density at radius 2 is 2.15 bits per heavy atom. The van der Waals surface area contributed by atoms with Crippen molar-refractivity contribution in [1.82, 2.24) is 10.4 Å². The molecule has 10 heteroatoms. The number of thiazole rings is 1. The normalized spacial score (nSPS) is 11.1. The molecule has 1 aromatic heterocycles. The Hall–Kier alpha value is -2.98. The minimum atomic E-state index is -0.695. The Labute approximate surface area is 155 Å². The number of nitrogens with zero attached hydrogens (tertiary/aromatic N) is 3. The Balaban J connectivity index is 1.56. The number of nitro benzene ring substituents is 1. The predicted molar refractivity (Wildman–Crippen MR) is 101 cm³/mol. The van der Waals surface area contributed by atoms with Crippen LogP contribution in [0.5, 0.6) is 5.75 Å². The highest BCUT2D eigenvalue weighted by atomic mass is 32.2. The lowest BCUT2D eigenvalue weighted by atomic mass is 10.2. The molecule has 0 aliphatic heterocycles. The van der Waals surface area contributed by atoms with Crippen molar-refractivity contribution in [3.63, 3.8) is 0 Å². The molecule has 0 saturated carbocycles. The lowest BCUT2D eigenvalue weighted by Gasteiger charge is -2.00. The summed E-state index contributed by atoms with van der Waals surface area (Å²) in [6, 6.07) is 11.8. The van der Waals surface area contributed by atoms with E-state index in [-0.39, 0.29) is 17.2 Å². The lowest BCUT2D eigenvalue weighted by molar-refractivity contribution is -0.385. The smallest absolute Gasteiger partial charge is 0.311 e. The molecule has 3 rings (SSSR count). The molecular formula is C16H12N4O4S2. The number of para-hydroxylation sites is 2. The topological polar surface area (TPSA) is 118 Å². The SMILES string of the molecule is O=C(CSc1nc2ccccc2s1)NN=Cc1cccc([N+](=O)[O-])c1O. The number of phenolic OH excluding ortho intramolecular Hbond substituents is 1. The number of fused-ring (bicyclic) bond motifs is 1. The van der Waals surface area contributed by atoms with Gasteiger partial charge >= 0.3 is 5.69 Å². The van der Waals surface area contributed by atoms with Crippen LogP contribution in [-0.2, 0) is 4.79 Å². The van der Waals surface area contributed by atoms with Crippen molar-refractivity contribution in [2.24, 2.45) is 5.10 Å². The molecule has 0 aliphatic rings. The third-order valence-corrected chi connectivity index (χ3v) is 5.42. The van der Waals surface area contributed by atoms with E-state index in [1.807, 2.05) is 24.3 Å².